The van der Waals surface area contributed by atoms with Crippen molar-refractivity contribution in [2.24, 2.45) is 17.8 Å². The van der Waals surface area contributed by atoms with Crippen LogP contribution in [0.25, 0.3) is 0 Å². The van der Waals surface area contributed by atoms with E-state index in [2.05, 4.69) is 24.3 Å². The van der Waals surface area contributed by atoms with Gasteiger partial charge in [-0.05, 0) is 53.7 Å². The lowest BCUT2D eigenvalue weighted by atomic mass is 9.83. The predicted octanol–water partition coefficient (Wildman–Crippen LogP) is 2.96. The summed E-state index contributed by atoms with van der Waals surface area (Å²) in [6.07, 6.45) is 8.34. The molecule has 2 bridgehead atoms. The molecule has 1 fully saturated rings. The Hall–Kier alpha value is -1.37. The smallest absolute Gasteiger partial charge is 0.150 e. The molecule has 4 rings (SSSR count). The van der Waals surface area contributed by atoms with Gasteiger partial charge in [0.25, 0.3) is 0 Å². The lowest BCUT2D eigenvalue weighted by Gasteiger charge is -2.20. The number of carbonyl (C=O) groups excluding carboxylic acids is 1. The number of rotatable bonds is 1. The third-order valence-electron chi connectivity index (χ3n) is 4.74. The van der Waals surface area contributed by atoms with Gasteiger partial charge in [-0.25, -0.2) is 0 Å². The summed E-state index contributed by atoms with van der Waals surface area (Å²) in [5, 5.41) is 0. The number of hydrogen-bond donors (Lipinski definition) is 0. The van der Waals surface area contributed by atoms with Crippen molar-refractivity contribution in [2.75, 3.05) is 0 Å². The van der Waals surface area contributed by atoms with Gasteiger partial charge < -0.3 is 0 Å². The summed E-state index contributed by atoms with van der Waals surface area (Å²) < 4.78 is 0. The second kappa shape index (κ2) is 2.85. The van der Waals surface area contributed by atoms with Crippen LogP contribution in [0, 0.1) is 17.8 Å². The van der Waals surface area contributed by atoms with Crippen LogP contribution < -0.4 is 0 Å². The van der Waals surface area contributed by atoms with Gasteiger partial charge in [0.2, 0.25) is 0 Å². The van der Waals surface area contributed by atoms with E-state index >= 15 is 0 Å². The lowest BCUT2D eigenvalue weighted by molar-refractivity contribution is 0.112. The summed E-state index contributed by atoms with van der Waals surface area (Å²) in [4.78, 5) is 10.8. The first-order valence-electron chi connectivity index (χ1n) is 6.13. The largest absolute Gasteiger partial charge is 0.298 e. The molecule has 1 heteroatoms. The van der Waals surface area contributed by atoms with E-state index in [0.29, 0.717) is 0 Å². The van der Waals surface area contributed by atoms with E-state index in [-0.39, 0.29) is 0 Å². The zero-order valence-electron chi connectivity index (χ0n) is 9.10. The topological polar surface area (TPSA) is 17.1 Å². The Morgan fingerprint density at radius 1 is 1.19 bits per heavy atom. The number of carbonyl (C=O) groups is 1. The van der Waals surface area contributed by atoms with Gasteiger partial charge in [-0.15, -0.1) is 0 Å². The molecule has 0 aliphatic heterocycles. The Kier molecular flexibility index (Phi) is 1.56. The van der Waals surface area contributed by atoms with Crippen molar-refractivity contribution in [3.8, 4) is 0 Å². The average Bonchev–Trinajstić information content (AvgIpc) is 2.98. The van der Waals surface area contributed by atoms with Crippen LogP contribution >= 0.6 is 0 Å². The molecular formula is C15H14O. The van der Waals surface area contributed by atoms with Crippen molar-refractivity contribution in [3.05, 3.63) is 47.0 Å². The highest BCUT2D eigenvalue weighted by atomic mass is 16.1. The summed E-state index contributed by atoms with van der Waals surface area (Å²) in [6, 6.07) is 6.27. The number of allylic oxidation sites excluding steroid dienone is 2. The minimum absolute atomic E-state index is 0.755. The molecule has 3 aliphatic rings. The summed E-state index contributed by atoms with van der Waals surface area (Å²) in [6.45, 7) is 0. The molecule has 0 N–H and O–H groups in total. The van der Waals surface area contributed by atoms with E-state index < -0.39 is 0 Å². The molecule has 4 atom stereocenters. The van der Waals surface area contributed by atoms with Gasteiger partial charge in [-0.1, -0.05) is 24.3 Å². The lowest BCUT2D eigenvalue weighted by Crippen LogP contribution is -2.12. The quantitative estimate of drug-likeness (QED) is 0.514. The first-order chi connectivity index (χ1) is 7.86. The second-order valence-corrected chi connectivity index (χ2v) is 5.42. The third kappa shape index (κ3) is 0.940. The van der Waals surface area contributed by atoms with Crippen molar-refractivity contribution in [1.82, 2.24) is 0 Å². The normalized spacial score (nSPS) is 37.5. The van der Waals surface area contributed by atoms with Crippen molar-refractivity contribution >= 4 is 6.29 Å². The van der Waals surface area contributed by atoms with Crippen LogP contribution in [0.1, 0.15) is 33.8 Å². The Morgan fingerprint density at radius 2 is 2.06 bits per heavy atom. The van der Waals surface area contributed by atoms with Gasteiger partial charge in [0, 0.05) is 5.56 Å². The van der Waals surface area contributed by atoms with Gasteiger partial charge in [-0.2, -0.15) is 0 Å². The minimum Gasteiger partial charge on any atom is -0.298 e. The monoisotopic (exact) mass is 210 g/mol. The predicted molar refractivity (Wildman–Crippen MR) is 62.5 cm³/mol. The highest BCUT2D eigenvalue weighted by Gasteiger charge is 2.48. The molecule has 0 aromatic heterocycles. The average molecular weight is 210 g/mol. The molecule has 1 aromatic carbocycles. The summed E-state index contributed by atoms with van der Waals surface area (Å²) >= 11 is 0. The molecule has 3 aliphatic carbocycles. The van der Waals surface area contributed by atoms with E-state index in [1.807, 2.05) is 6.07 Å². The van der Waals surface area contributed by atoms with Crippen LogP contribution in [0.3, 0.4) is 0 Å². The molecule has 16 heavy (non-hydrogen) atoms. The first-order valence-corrected chi connectivity index (χ1v) is 6.13. The number of fused-ring (bicyclic) bond motifs is 7. The van der Waals surface area contributed by atoms with Crippen molar-refractivity contribution in [1.29, 1.82) is 0 Å². The molecule has 0 amide bonds. The number of hydrogen-bond acceptors (Lipinski definition) is 1. The highest BCUT2D eigenvalue weighted by molar-refractivity contribution is 5.75. The van der Waals surface area contributed by atoms with Crippen LogP contribution in [-0.2, 0) is 6.42 Å². The standard InChI is InChI=1S/C15H14O/c16-8-9-1-4-13-12(5-9)7-14-10-2-3-11(6-10)15(13)14/h1-5,8,10-11,14-15H,6-7H2. The molecule has 80 valence electrons. The van der Waals surface area contributed by atoms with Gasteiger partial charge >= 0.3 is 0 Å². The maximum absolute atomic E-state index is 10.8. The first kappa shape index (κ1) is 8.74. The Morgan fingerprint density at radius 3 is 2.94 bits per heavy atom. The summed E-state index contributed by atoms with van der Waals surface area (Å²) in [5.74, 6) is 3.16. The molecule has 0 heterocycles. The van der Waals surface area contributed by atoms with Crippen molar-refractivity contribution < 1.29 is 4.79 Å². The molecule has 0 saturated heterocycles. The maximum atomic E-state index is 10.8. The van der Waals surface area contributed by atoms with Crippen molar-refractivity contribution in [2.45, 2.75) is 18.8 Å². The van der Waals surface area contributed by atoms with Gasteiger partial charge in [0.05, 0.1) is 0 Å². The van der Waals surface area contributed by atoms with Gasteiger partial charge in [0.1, 0.15) is 6.29 Å². The van der Waals surface area contributed by atoms with Crippen LogP contribution in [0.5, 0.6) is 0 Å². The van der Waals surface area contributed by atoms with E-state index in [4.69, 9.17) is 0 Å². The van der Waals surface area contributed by atoms with E-state index in [1.165, 1.54) is 24.0 Å². The molecular weight excluding hydrogens is 196 g/mol. The molecule has 1 nitrogen and oxygen atoms in total. The van der Waals surface area contributed by atoms with Crippen LogP contribution in [0.2, 0.25) is 0 Å². The molecule has 1 saturated carbocycles. The fourth-order valence-corrected chi connectivity index (χ4v) is 4.12. The Labute approximate surface area is 95.2 Å². The van der Waals surface area contributed by atoms with Gasteiger partial charge in [0.15, 0.2) is 0 Å². The number of benzene rings is 1. The highest BCUT2D eigenvalue weighted by Crippen LogP contribution is 2.58. The zero-order valence-corrected chi connectivity index (χ0v) is 9.10. The van der Waals surface area contributed by atoms with E-state index in [1.54, 1.807) is 0 Å². The van der Waals surface area contributed by atoms with Crippen LogP contribution in [0.4, 0.5) is 0 Å². The molecule has 4 unspecified atom stereocenters. The van der Waals surface area contributed by atoms with Crippen molar-refractivity contribution in [3.63, 3.8) is 0 Å². The maximum Gasteiger partial charge on any atom is 0.150 e. The minimum atomic E-state index is 0.755. The van der Waals surface area contributed by atoms with Crippen LogP contribution in [0.15, 0.2) is 30.4 Å². The Bertz CT molecular complexity index is 500. The van der Waals surface area contributed by atoms with E-state index in [0.717, 1.165) is 35.5 Å². The Balaban J connectivity index is 1.83. The van der Waals surface area contributed by atoms with Crippen LogP contribution in [-0.4, -0.2) is 6.29 Å². The summed E-state index contributed by atoms with van der Waals surface area (Å²) in [5.41, 5.74) is 3.78. The third-order valence-corrected chi connectivity index (χ3v) is 4.74. The fourth-order valence-electron chi connectivity index (χ4n) is 4.12. The fraction of sp³-hybridized carbons (Fsp3) is 0.400. The SMILES string of the molecule is O=Cc1ccc2c(c1)CC1C3C=CC(C3)C21. The van der Waals surface area contributed by atoms with Gasteiger partial charge in [-0.3, -0.25) is 4.79 Å². The molecule has 1 aromatic rings. The number of aldehydes is 1. The van der Waals surface area contributed by atoms with E-state index in [9.17, 15) is 4.79 Å². The zero-order chi connectivity index (χ0) is 10.7. The second-order valence-electron chi connectivity index (χ2n) is 5.42. The molecule has 0 radical (unpaired) electrons. The molecule has 0 spiro atoms. The summed E-state index contributed by atoms with van der Waals surface area (Å²) in [7, 11) is 0.